The number of fused-ring (bicyclic) bond motifs is 5. The Morgan fingerprint density at radius 3 is 1.63 bits per heavy atom. The summed E-state index contributed by atoms with van der Waals surface area (Å²) in [4.78, 5) is 9.87. The summed E-state index contributed by atoms with van der Waals surface area (Å²) in [5.74, 6) is 0.878. The summed E-state index contributed by atoms with van der Waals surface area (Å²) in [6, 6.07) is 60.8. The summed E-state index contributed by atoms with van der Waals surface area (Å²) in [5, 5.41) is 8.59. The Hall–Kier alpha value is -6.58. The molecule has 10 aromatic rings. The zero-order valence-corrected chi connectivity index (χ0v) is 26.6. The fraction of sp³-hybridized carbons (Fsp3) is 0. The molecule has 0 amide bonds. The largest absolute Gasteiger partial charge is 0.292 e. The number of aromatic nitrogens is 3. The molecule has 3 nitrogen and oxygen atoms in total. The number of para-hydroxylation sites is 3. The van der Waals surface area contributed by atoms with Crippen molar-refractivity contribution in [3.63, 3.8) is 0 Å². The van der Waals surface area contributed by atoms with Crippen LogP contribution in [0.3, 0.4) is 0 Å². The fourth-order valence-electron chi connectivity index (χ4n) is 7.55. The monoisotopic (exact) mass is 623 g/mol. The fourth-order valence-corrected chi connectivity index (χ4v) is 7.55. The van der Waals surface area contributed by atoms with E-state index in [1.807, 2.05) is 24.4 Å². The third-order valence-electron chi connectivity index (χ3n) is 9.79. The average molecular weight is 624 g/mol. The molecule has 0 unspecified atom stereocenters. The number of rotatable bonds is 4. The molecule has 0 saturated carbocycles. The Bertz CT molecular complexity index is 2820. The molecule has 49 heavy (non-hydrogen) atoms. The van der Waals surface area contributed by atoms with Gasteiger partial charge in [0.05, 0.1) is 16.6 Å². The minimum atomic E-state index is 0.878. The molecule has 2 heterocycles. The van der Waals surface area contributed by atoms with Crippen molar-refractivity contribution in [2.24, 2.45) is 0 Å². The van der Waals surface area contributed by atoms with E-state index in [9.17, 15) is 0 Å². The maximum atomic E-state index is 5.11. The summed E-state index contributed by atoms with van der Waals surface area (Å²) in [5.41, 5.74) is 9.97. The molecule has 0 aliphatic carbocycles. The highest BCUT2D eigenvalue weighted by atomic mass is 15.1. The smallest absolute Gasteiger partial charge is 0.147 e. The molecule has 0 spiro atoms. The predicted molar refractivity (Wildman–Crippen MR) is 205 cm³/mol. The second-order valence-electron chi connectivity index (χ2n) is 12.6. The van der Waals surface area contributed by atoms with Crippen LogP contribution in [-0.2, 0) is 0 Å². The first-order chi connectivity index (χ1) is 24.3. The molecule has 0 fully saturated rings. The normalized spacial score (nSPS) is 11.7. The summed E-state index contributed by atoms with van der Waals surface area (Å²) >= 11 is 0. The first kappa shape index (κ1) is 27.5. The van der Waals surface area contributed by atoms with Crippen molar-refractivity contribution >= 4 is 54.3 Å². The van der Waals surface area contributed by atoms with Crippen LogP contribution in [0.15, 0.2) is 176 Å². The maximum absolute atomic E-state index is 5.11. The van der Waals surface area contributed by atoms with Gasteiger partial charge in [-0.3, -0.25) is 9.55 Å². The Balaban J connectivity index is 1.16. The molecule has 0 bridgehead atoms. The summed E-state index contributed by atoms with van der Waals surface area (Å²) in [6.45, 7) is 0. The van der Waals surface area contributed by atoms with Gasteiger partial charge in [0.25, 0.3) is 0 Å². The molecule has 228 valence electrons. The second-order valence-corrected chi connectivity index (χ2v) is 12.6. The molecule has 10 rings (SSSR count). The van der Waals surface area contributed by atoms with Crippen LogP contribution in [0.2, 0.25) is 0 Å². The highest BCUT2D eigenvalue weighted by Crippen LogP contribution is 2.44. The zero-order valence-electron chi connectivity index (χ0n) is 26.6. The topological polar surface area (TPSA) is 30.7 Å². The van der Waals surface area contributed by atoms with Gasteiger partial charge in [-0.2, -0.15) is 0 Å². The standard InChI is InChI=1S/C46H29N3/c1-2-12-32-27-34(22-21-30(32)11-1)45-39-16-6-4-14-37(39)44(38-15-5-7-17-40(38)45)31-23-25-36(26-24-31)49-43-20-10-9-19-42(43)48-46(49)35-28-33-13-3-8-18-41(33)47-29-35/h1-29H. The average Bonchev–Trinajstić information content (AvgIpc) is 3.56. The molecular weight excluding hydrogens is 595 g/mol. The molecule has 0 N–H and O–H groups in total. The van der Waals surface area contributed by atoms with E-state index in [0.717, 1.165) is 39.0 Å². The third kappa shape index (κ3) is 4.44. The lowest BCUT2D eigenvalue weighted by molar-refractivity contribution is 1.10. The van der Waals surface area contributed by atoms with Gasteiger partial charge in [0, 0.05) is 22.8 Å². The minimum absolute atomic E-state index is 0.878. The van der Waals surface area contributed by atoms with Crippen molar-refractivity contribution in [3.8, 4) is 39.3 Å². The van der Waals surface area contributed by atoms with Gasteiger partial charge in [-0.15, -0.1) is 0 Å². The first-order valence-electron chi connectivity index (χ1n) is 16.7. The van der Waals surface area contributed by atoms with Crippen LogP contribution < -0.4 is 0 Å². The Labute approximate surface area is 283 Å². The van der Waals surface area contributed by atoms with Gasteiger partial charge in [-0.1, -0.05) is 127 Å². The molecular formula is C46H29N3. The molecule has 3 heteroatoms. The van der Waals surface area contributed by atoms with E-state index in [0.29, 0.717) is 0 Å². The van der Waals surface area contributed by atoms with Crippen molar-refractivity contribution < 1.29 is 0 Å². The highest BCUT2D eigenvalue weighted by Gasteiger charge is 2.18. The van der Waals surface area contributed by atoms with E-state index in [4.69, 9.17) is 9.97 Å². The van der Waals surface area contributed by atoms with Gasteiger partial charge >= 0.3 is 0 Å². The van der Waals surface area contributed by atoms with Crippen LogP contribution in [0.1, 0.15) is 0 Å². The minimum Gasteiger partial charge on any atom is -0.292 e. The van der Waals surface area contributed by atoms with Gasteiger partial charge in [-0.25, -0.2) is 4.98 Å². The van der Waals surface area contributed by atoms with Crippen molar-refractivity contribution in [2.45, 2.75) is 0 Å². The highest BCUT2D eigenvalue weighted by molar-refractivity contribution is 6.21. The summed E-state index contributed by atoms with van der Waals surface area (Å²) < 4.78 is 2.25. The summed E-state index contributed by atoms with van der Waals surface area (Å²) in [6.07, 6.45) is 1.93. The van der Waals surface area contributed by atoms with Gasteiger partial charge < -0.3 is 0 Å². The number of pyridine rings is 1. The Morgan fingerprint density at radius 1 is 0.388 bits per heavy atom. The van der Waals surface area contributed by atoms with E-state index in [1.54, 1.807) is 0 Å². The molecule has 0 aliphatic heterocycles. The van der Waals surface area contributed by atoms with Gasteiger partial charge in [0.1, 0.15) is 5.82 Å². The lowest BCUT2D eigenvalue weighted by Crippen LogP contribution is -1.98. The molecule has 0 saturated heterocycles. The number of nitrogens with zero attached hydrogens (tertiary/aromatic N) is 3. The lowest BCUT2D eigenvalue weighted by Gasteiger charge is -2.18. The van der Waals surface area contributed by atoms with Gasteiger partial charge in [0.15, 0.2) is 0 Å². The predicted octanol–water partition coefficient (Wildman–Crippen LogP) is 12.0. The molecule has 0 radical (unpaired) electrons. The lowest BCUT2D eigenvalue weighted by atomic mass is 9.85. The van der Waals surface area contributed by atoms with Gasteiger partial charge in [-0.05, 0) is 97.0 Å². The van der Waals surface area contributed by atoms with Crippen molar-refractivity contribution in [3.05, 3.63) is 176 Å². The third-order valence-corrected chi connectivity index (χ3v) is 9.79. The Morgan fingerprint density at radius 2 is 0.918 bits per heavy atom. The SMILES string of the molecule is c1ccc2cc(-c3c4ccccc4c(-c4ccc(-n5c(-c6cnc7ccccc7c6)nc6ccccc65)cc4)c4ccccc34)ccc2c1. The Kier molecular flexibility index (Phi) is 6.18. The number of hydrogen-bond donors (Lipinski definition) is 0. The van der Waals surface area contributed by atoms with Crippen LogP contribution >= 0.6 is 0 Å². The van der Waals surface area contributed by atoms with Crippen LogP contribution in [0.25, 0.3) is 93.6 Å². The van der Waals surface area contributed by atoms with E-state index >= 15 is 0 Å². The zero-order chi connectivity index (χ0) is 32.3. The van der Waals surface area contributed by atoms with E-state index < -0.39 is 0 Å². The number of imidazole rings is 1. The maximum Gasteiger partial charge on any atom is 0.147 e. The number of benzene rings is 8. The number of hydrogen-bond acceptors (Lipinski definition) is 2. The molecule has 2 aromatic heterocycles. The van der Waals surface area contributed by atoms with Crippen LogP contribution in [0.5, 0.6) is 0 Å². The summed E-state index contributed by atoms with van der Waals surface area (Å²) in [7, 11) is 0. The molecule has 0 aliphatic rings. The van der Waals surface area contributed by atoms with E-state index in [-0.39, 0.29) is 0 Å². The van der Waals surface area contributed by atoms with Crippen LogP contribution in [0, 0.1) is 0 Å². The van der Waals surface area contributed by atoms with Crippen LogP contribution in [-0.4, -0.2) is 14.5 Å². The van der Waals surface area contributed by atoms with Crippen molar-refractivity contribution in [1.82, 2.24) is 14.5 Å². The van der Waals surface area contributed by atoms with Crippen LogP contribution in [0.4, 0.5) is 0 Å². The van der Waals surface area contributed by atoms with Gasteiger partial charge in [0.2, 0.25) is 0 Å². The quantitative estimate of drug-likeness (QED) is 0.183. The molecule has 0 atom stereocenters. The van der Waals surface area contributed by atoms with Crippen molar-refractivity contribution in [2.75, 3.05) is 0 Å². The molecule has 8 aromatic carbocycles. The van der Waals surface area contributed by atoms with Crippen molar-refractivity contribution in [1.29, 1.82) is 0 Å². The van der Waals surface area contributed by atoms with E-state index in [2.05, 4.69) is 156 Å². The van der Waals surface area contributed by atoms with E-state index in [1.165, 1.54) is 54.6 Å². The first-order valence-corrected chi connectivity index (χ1v) is 16.7. The second kappa shape index (κ2) is 11.0.